The van der Waals surface area contributed by atoms with Crippen LogP contribution in [-0.2, 0) is 19.6 Å². The van der Waals surface area contributed by atoms with E-state index in [1.807, 2.05) is 0 Å². The van der Waals surface area contributed by atoms with Crippen LogP contribution < -0.4 is 14.4 Å². The number of hydrogen-bond donors (Lipinski definition) is 1. The van der Waals surface area contributed by atoms with E-state index in [-0.39, 0.29) is 18.0 Å². The van der Waals surface area contributed by atoms with E-state index >= 15 is 0 Å². The minimum atomic E-state index is -3.86. The van der Waals surface area contributed by atoms with E-state index in [1.165, 1.54) is 50.4 Å². The van der Waals surface area contributed by atoms with Gasteiger partial charge < -0.3 is 14.8 Å². The summed E-state index contributed by atoms with van der Waals surface area (Å²) in [5.41, 5.74) is 0.878. The van der Waals surface area contributed by atoms with E-state index in [9.17, 15) is 18.0 Å². The van der Waals surface area contributed by atoms with Gasteiger partial charge in [-0.25, -0.2) is 13.2 Å². The molecular formula is C20H23ClN2O6S. The highest BCUT2D eigenvalue weighted by Crippen LogP contribution is 2.34. The summed E-state index contributed by atoms with van der Waals surface area (Å²) >= 11 is 6.03. The third-order valence-electron chi connectivity index (χ3n) is 4.13. The quantitative estimate of drug-likeness (QED) is 0.614. The van der Waals surface area contributed by atoms with Crippen LogP contribution in [-0.4, -0.2) is 46.3 Å². The first kappa shape index (κ1) is 23.5. The molecule has 0 aliphatic heterocycles. The van der Waals surface area contributed by atoms with Gasteiger partial charge in [-0.15, -0.1) is 0 Å². The summed E-state index contributed by atoms with van der Waals surface area (Å²) in [6, 6.07) is 9.45. The summed E-state index contributed by atoms with van der Waals surface area (Å²) in [5, 5.41) is 2.94. The number of nitrogens with zero attached hydrogens (tertiary/aromatic N) is 1. The van der Waals surface area contributed by atoms with Crippen LogP contribution in [0, 0.1) is 0 Å². The molecule has 2 aromatic rings. The number of ether oxygens (including phenoxy) is 2. The number of halogens is 1. The number of carbonyl (C=O) groups excluding carboxylic acids is 2. The van der Waals surface area contributed by atoms with Crippen molar-refractivity contribution >= 4 is 44.9 Å². The number of rotatable bonds is 8. The average molecular weight is 455 g/mol. The Morgan fingerprint density at radius 3 is 2.33 bits per heavy atom. The fourth-order valence-corrected chi connectivity index (χ4v) is 4.10. The Morgan fingerprint density at radius 1 is 1.17 bits per heavy atom. The fraction of sp³-hybridized carbons (Fsp3) is 0.300. The zero-order chi connectivity index (χ0) is 22.5. The topological polar surface area (TPSA) is 102 Å². The van der Waals surface area contributed by atoms with Crippen molar-refractivity contribution in [3.63, 3.8) is 0 Å². The largest absolute Gasteiger partial charge is 0.495 e. The molecule has 0 spiro atoms. The number of amides is 1. The first-order valence-corrected chi connectivity index (χ1v) is 11.2. The van der Waals surface area contributed by atoms with Gasteiger partial charge in [-0.3, -0.25) is 9.10 Å². The van der Waals surface area contributed by atoms with Gasteiger partial charge in [0.1, 0.15) is 11.8 Å². The maximum absolute atomic E-state index is 12.8. The number of sulfonamides is 1. The number of carbonyl (C=O) groups is 2. The van der Waals surface area contributed by atoms with Crippen LogP contribution in [0.15, 0.2) is 42.5 Å². The Hall–Kier alpha value is -2.78. The van der Waals surface area contributed by atoms with E-state index < -0.39 is 27.9 Å². The van der Waals surface area contributed by atoms with Crippen LogP contribution in [0.5, 0.6) is 5.75 Å². The van der Waals surface area contributed by atoms with Gasteiger partial charge in [0.15, 0.2) is 0 Å². The molecule has 1 atom stereocenters. The first-order chi connectivity index (χ1) is 14.1. The molecule has 1 N–H and O–H groups in total. The van der Waals surface area contributed by atoms with Crippen molar-refractivity contribution in [3.8, 4) is 5.75 Å². The molecule has 0 saturated heterocycles. The highest BCUT2D eigenvalue weighted by Gasteiger charge is 2.31. The number of methoxy groups -OCH3 is 1. The van der Waals surface area contributed by atoms with Gasteiger partial charge in [0.05, 0.1) is 31.2 Å². The summed E-state index contributed by atoms with van der Waals surface area (Å²) in [7, 11) is -2.46. The van der Waals surface area contributed by atoms with E-state index in [2.05, 4.69) is 5.32 Å². The normalized spacial score (nSPS) is 12.0. The second-order valence-electron chi connectivity index (χ2n) is 6.34. The van der Waals surface area contributed by atoms with Gasteiger partial charge in [-0.1, -0.05) is 11.6 Å². The molecule has 0 aliphatic carbocycles. The molecule has 0 saturated carbocycles. The Labute approximate surface area is 180 Å². The Balaban J connectivity index is 2.29. The maximum atomic E-state index is 12.8. The third-order valence-corrected chi connectivity index (χ3v) is 5.59. The summed E-state index contributed by atoms with van der Waals surface area (Å²) < 4.78 is 36.1. The Morgan fingerprint density at radius 2 is 1.80 bits per heavy atom. The van der Waals surface area contributed by atoms with Gasteiger partial charge in [-0.05, 0) is 56.3 Å². The van der Waals surface area contributed by atoms with E-state index in [0.717, 1.165) is 10.6 Å². The van der Waals surface area contributed by atoms with E-state index in [0.29, 0.717) is 16.3 Å². The lowest BCUT2D eigenvalue weighted by atomic mass is 10.2. The number of nitrogens with one attached hydrogen (secondary N) is 1. The van der Waals surface area contributed by atoms with Gasteiger partial charge in [0.2, 0.25) is 15.9 Å². The van der Waals surface area contributed by atoms with Gasteiger partial charge in [0, 0.05) is 10.7 Å². The zero-order valence-electron chi connectivity index (χ0n) is 17.0. The van der Waals surface area contributed by atoms with Crippen LogP contribution >= 0.6 is 11.6 Å². The number of anilines is 2. The number of hydrogen-bond acceptors (Lipinski definition) is 6. The second kappa shape index (κ2) is 9.82. The van der Waals surface area contributed by atoms with Crippen molar-refractivity contribution in [3.05, 3.63) is 53.1 Å². The molecule has 1 amide bonds. The molecule has 0 heterocycles. The molecule has 0 radical (unpaired) electrons. The predicted molar refractivity (Wildman–Crippen MR) is 116 cm³/mol. The van der Waals surface area contributed by atoms with E-state index in [4.69, 9.17) is 21.1 Å². The van der Waals surface area contributed by atoms with Crippen molar-refractivity contribution in [2.45, 2.75) is 19.9 Å². The number of benzene rings is 2. The summed E-state index contributed by atoms with van der Waals surface area (Å²) in [4.78, 5) is 24.5. The fourth-order valence-electron chi connectivity index (χ4n) is 2.77. The molecule has 30 heavy (non-hydrogen) atoms. The molecule has 8 nitrogen and oxygen atoms in total. The SMILES string of the molecule is CCOC(=O)c1ccc(NC(=O)[C@H](C)N(c2cc(Cl)ccc2OC)S(C)(=O)=O)cc1. The smallest absolute Gasteiger partial charge is 0.338 e. The second-order valence-corrected chi connectivity index (χ2v) is 8.63. The lowest BCUT2D eigenvalue weighted by molar-refractivity contribution is -0.116. The van der Waals surface area contributed by atoms with Crippen LogP contribution in [0.1, 0.15) is 24.2 Å². The zero-order valence-corrected chi connectivity index (χ0v) is 18.6. The molecule has 0 fully saturated rings. The standard InChI is InChI=1S/C20H23ClN2O6S/c1-5-29-20(25)14-6-9-16(10-7-14)22-19(24)13(2)23(30(4,26)27)17-12-15(21)8-11-18(17)28-3/h6-13H,5H2,1-4H3,(H,22,24)/t13-/m0/s1. The van der Waals surface area contributed by atoms with E-state index in [1.54, 1.807) is 13.0 Å². The molecular weight excluding hydrogens is 432 g/mol. The lowest BCUT2D eigenvalue weighted by Gasteiger charge is -2.29. The monoisotopic (exact) mass is 454 g/mol. The summed E-state index contributed by atoms with van der Waals surface area (Å²) in [6.07, 6.45) is 0.991. The third kappa shape index (κ3) is 5.64. The molecule has 0 bridgehead atoms. The van der Waals surface area contributed by atoms with Crippen LogP contribution in [0.3, 0.4) is 0 Å². The van der Waals surface area contributed by atoms with Crippen LogP contribution in [0.4, 0.5) is 11.4 Å². The van der Waals surface area contributed by atoms with Crippen molar-refractivity contribution in [1.29, 1.82) is 0 Å². The highest BCUT2D eigenvalue weighted by molar-refractivity contribution is 7.92. The molecule has 2 rings (SSSR count). The first-order valence-electron chi connectivity index (χ1n) is 8.99. The van der Waals surface area contributed by atoms with Gasteiger partial charge in [0.25, 0.3) is 0 Å². The van der Waals surface area contributed by atoms with Crippen molar-refractivity contribution in [1.82, 2.24) is 0 Å². The van der Waals surface area contributed by atoms with Crippen molar-refractivity contribution in [2.75, 3.05) is 29.6 Å². The van der Waals surface area contributed by atoms with Crippen LogP contribution in [0.2, 0.25) is 5.02 Å². The molecule has 0 aliphatic rings. The molecule has 10 heteroatoms. The summed E-state index contributed by atoms with van der Waals surface area (Å²) in [5.74, 6) is -0.797. The van der Waals surface area contributed by atoms with Gasteiger partial charge in [-0.2, -0.15) is 0 Å². The molecule has 2 aromatic carbocycles. The Bertz CT molecular complexity index is 1020. The van der Waals surface area contributed by atoms with Crippen molar-refractivity contribution in [2.24, 2.45) is 0 Å². The number of esters is 1. The molecule has 0 unspecified atom stereocenters. The molecule has 162 valence electrons. The minimum absolute atomic E-state index is 0.146. The average Bonchev–Trinajstić information content (AvgIpc) is 2.68. The van der Waals surface area contributed by atoms with Crippen LogP contribution in [0.25, 0.3) is 0 Å². The predicted octanol–water partition coefficient (Wildman–Crippen LogP) is 3.32. The summed E-state index contributed by atoms with van der Waals surface area (Å²) in [6.45, 7) is 3.41. The molecule has 0 aromatic heterocycles. The Kier molecular flexibility index (Phi) is 7.69. The van der Waals surface area contributed by atoms with Gasteiger partial charge >= 0.3 is 5.97 Å². The highest BCUT2D eigenvalue weighted by atomic mass is 35.5. The minimum Gasteiger partial charge on any atom is -0.495 e. The van der Waals surface area contributed by atoms with Crippen molar-refractivity contribution < 1.29 is 27.5 Å². The lowest BCUT2D eigenvalue weighted by Crippen LogP contribution is -2.45. The maximum Gasteiger partial charge on any atom is 0.338 e.